The summed E-state index contributed by atoms with van der Waals surface area (Å²) in [5.41, 5.74) is -16.2. The van der Waals surface area contributed by atoms with Crippen molar-refractivity contribution in [3.8, 4) is 12.1 Å². The van der Waals surface area contributed by atoms with Gasteiger partial charge in [-0.05, 0) is 55.4 Å². The van der Waals surface area contributed by atoms with Crippen LogP contribution in [-0.2, 0) is 52.7 Å². The Morgan fingerprint density at radius 1 is 0.695 bits per heavy atom. The van der Waals surface area contributed by atoms with Crippen LogP contribution in [0.15, 0.2) is 31.6 Å². The van der Waals surface area contributed by atoms with Gasteiger partial charge in [-0.25, -0.2) is 14.2 Å². The zero-order valence-electron chi connectivity index (χ0n) is 35.8. The number of nitriles is 2. The molecule has 22 heteroatoms. The highest BCUT2D eigenvalue weighted by atomic mass is 31.2. The third-order valence-electron chi connectivity index (χ3n) is 13.2. The van der Waals surface area contributed by atoms with Crippen molar-refractivity contribution in [3.05, 3.63) is 65.2 Å². The Kier molecular flexibility index (Phi) is 12.8. The van der Waals surface area contributed by atoms with Crippen LogP contribution >= 0.6 is 15.4 Å². The number of aliphatic hydroxyl groups excluding tert-OH is 1. The lowest BCUT2D eigenvalue weighted by Crippen LogP contribution is -2.60. The first-order chi connectivity index (χ1) is 26.9. The first kappa shape index (κ1) is 48.1. The maximum absolute atomic E-state index is 15.2. The fourth-order valence-electron chi connectivity index (χ4n) is 8.11. The van der Waals surface area contributed by atoms with E-state index in [1.54, 1.807) is 34.6 Å². The quantitative estimate of drug-likeness (QED) is 0.159. The number of phosphoric acid groups is 1. The molecule has 2 unspecified atom stereocenters. The second-order valence-corrected chi connectivity index (χ2v) is 20.7. The molecule has 2 aliphatic rings. The summed E-state index contributed by atoms with van der Waals surface area (Å²) >= 11 is 0. The topological polar surface area (TPSA) is 276 Å². The van der Waals surface area contributed by atoms with Gasteiger partial charge in [0.2, 0.25) is 0 Å². The third kappa shape index (κ3) is 7.60. The van der Waals surface area contributed by atoms with E-state index >= 15 is 4.57 Å². The molecule has 0 bridgehead atoms. The van der Waals surface area contributed by atoms with E-state index in [1.807, 2.05) is 12.1 Å². The van der Waals surface area contributed by atoms with Crippen molar-refractivity contribution < 1.29 is 46.3 Å². The first-order valence-electron chi connectivity index (χ1n) is 18.8. The molecule has 0 saturated carbocycles. The van der Waals surface area contributed by atoms with Gasteiger partial charge < -0.3 is 19.1 Å². The first-order valence-corrected chi connectivity index (χ1v) is 22.2. The smallest absolute Gasteiger partial charge is 0.393 e. The Balaban J connectivity index is 1.90. The summed E-state index contributed by atoms with van der Waals surface area (Å²) in [5, 5.41) is 29.4. The van der Waals surface area contributed by atoms with E-state index < -0.39 is 102 Å². The highest BCUT2D eigenvalue weighted by Gasteiger charge is 2.76. The largest absolute Gasteiger partial charge is 0.475 e. The Labute approximate surface area is 341 Å². The predicted molar refractivity (Wildman–Crippen MR) is 211 cm³/mol. The van der Waals surface area contributed by atoms with Crippen molar-refractivity contribution >= 4 is 15.4 Å². The summed E-state index contributed by atoms with van der Waals surface area (Å²) < 4.78 is 75.2. The number of aryl methyl sites for hydroxylation is 2. The van der Waals surface area contributed by atoms with Gasteiger partial charge in [0.05, 0.1) is 51.4 Å². The van der Waals surface area contributed by atoms with Crippen molar-refractivity contribution in [2.45, 2.75) is 130 Å². The minimum absolute atomic E-state index is 0.108. The van der Waals surface area contributed by atoms with Crippen LogP contribution in [0.3, 0.4) is 0 Å². The molecule has 2 aliphatic heterocycles. The van der Waals surface area contributed by atoms with Crippen LogP contribution in [0.25, 0.3) is 0 Å². The van der Waals surface area contributed by atoms with E-state index in [0.29, 0.717) is 0 Å². The lowest BCUT2D eigenvalue weighted by atomic mass is 9.65. The molecule has 2 aromatic rings. The normalized spacial score (nSPS) is 33.2. The third-order valence-corrected chi connectivity index (χ3v) is 16.1. The summed E-state index contributed by atoms with van der Waals surface area (Å²) in [6.07, 6.45) is 2.23. The Hall–Kier alpha value is -3.52. The van der Waals surface area contributed by atoms with Gasteiger partial charge in [-0.1, -0.05) is 27.7 Å². The summed E-state index contributed by atoms with van der Waals surface area (Å²) in [4.78, 5) is 56.1. The number of nitrogens with zero attached hydrogens (tertiary/aromatic N) is 4. The minimum Gasteiger partial charge on any atom is -0.393 e. The molecule has 0 radical (unpaired) electrons. The van der Waals surface area contributed by atoms with Gasteiger partial charge in [0.1, 0.15) is 22.4 Å². The summed E-state index contributed by atoms with van der Waals surface area (Å²) in [6, 6.07) is 3.81. The molecule has 0 amide bonds. The number of nitrogens with one attached hydrogen (secondary N) is 2. The Morgan fingerprint density at radius 2 is 1.10 bits per heavy atom. The van der Waals surface area contributed by atoms with Gasteiger partial charge in [0.15, 0.2) is 11.4 Å². The average molecular weight is 871 g/mol. The second-order valence-electron chi connectivity index (χ2n) is 17.1. The number of ether oxygens (including phenoxy) is 2. The van der Waals surface area contributed by atoms with Crippen LogP contribution in [-0.4, -0.2) is 79.7 Å². The second kappa shape index (κ2) is 15.7. The van der Waals surface area contributed by atoms with Crippen molar-refractivity contribution in [1.29, 1.82) is 10.5 Å². The van der Waals surface area contributed by atoms with Gasteiger partial charge in [-0.15, -0.1) is 0 Å². The van der Waals surface area contributed by atoms with Crippen molar-refractivity contribution in [2.75, 3.05) is 33.1 Å². The minimum atomic E-state index is -4.99. The molecular formula is C37H56N6O14P2. The van der Waals surface area contributed by atoms with Crippen LogP contribution in [0.5, 0.6) is 0 Å². The maximum Gasteiger partial charge on any atom is 0.475 e. The van der Waals surface area contributed by atoms with Gasteiger partial charge in [0.25, 0.3) is 11.1 Å². The van der Waals surface area contributed by atoms with E-state index in [1.165, 1.54) is 67.5 Å². The SMILES string of the molecule is Cc1cn([C@]2(C)O[C@](C)(COP(=O)(OCCC#N)O[C@]3(C)C(C)(C)[C@](C)(n4cc(C)c(=O)[nH]c4=O)O[C@]3(C)CO)[C@](C)(OP(C)(=O)OCCC#N)C2(C)C)c(=O)[nH]c1=O. The molecule has 2 aromatic heterocycles. The fraction of sp³-hybridized carbons (Fsp3) is 0.730. The summed E-state index contributed by atoms with van der Waals surface area (Å²) in [6.45, 7) is 17.6. The van der Waals surface area contributed by atoms with Crippen molar-refractivity contribution in [3.63, 3.8) is 0 Å². The molecule has 0 aliphatic carbocycles. The van der Waals surface area contributed by atoms with Crippen molar-refractivity contribution in [2.24, 2.45) is 10.8 Å². The average Bonchev–Trinajstić information content (AvgIpc) is 3.31. The standard InChI is InChI=1S/C37H56N6O14P2/c1-24-20-42(28(47)40-26(24)45)36(11)30(3,4)34(9,32(7,22-44)54-36)57-59(50,52-19-15-17-39)53-23-33(8)35(10,56-58(13,49)51-18-14-16-38)31(5,6)37(12,55-33)43-21-25(2)27(46)41-29(43)48/h20-21,44H,14-15,18-19,22-23H2,1-13H3,(H,40,45,47)(H,41,46,48)/t32-,33-,34-,35-,36-,37-,58?,59?/m1/s1. The molecule has 4 heterocycles. The number of aromatic amines is 2. The molecule has 4 rings (SSSR count). The lowest BCUT2D eigenvalue weighted by Gasteiger charge is -2.48. The van der Waals surface area contributed by atoms with Crippen LogP contribution in [0.2, 0.25) is 0 Å². The number of rotatable bonds is 16. The summed E-state index contributed by atoms with van der Waals surface area (Å²) in [5.74, 6) is 0. The molecule has 20 nitrogen and oxygen atoms in total. The number of H-pyrrole nitrogens is 2. The van der Waals surface area contributed by atoms with Gasteiger partial charge in [-0.3, -0.25) is 51.4 Å². The van der Waals surface area contributed by atoms with E-state index in [2.05, 4.69) is 9.97 Å². The van der Waals surface area contributed by atoms with E-state index in [-0.39, 0.29) is 30.6 Å². The highest BCUT2D eigenvalue weighted by Crippen LogP contribution is 2.70. The Morgan fingerprint density at radius 3 is 1.53 bits per heavy atom. The number of hydrogen-bond donors (Lipinski definition) is 3. The number of aromatic nitrogens is 4. The molecule has 0 spiro atoms. The molecule has 3 N–H and O–H groups in total. The number of phosphoric ester groups is 1. The zero-order valence-corrected chi connectivity index (χ0v) is 37.6. The molecular weight excluding hydrogens is 814 g/mol. The zero-order chi connectivity index (χ0) is 45.1. The number of hydrogen-bond acceptors (Lipinski definition) is 16. The predicted octanol–water partition coefficient (Wildman–Crippen LogP) is 4.03. The maximum atomic E-state index is 15.2. The number of aliphatic hydroxyl groups is 1. The van der Waals surface area contributed by atoms with Crippen LogP contribution in [0.4, 0.5) is 0 Å². The van der Waals surface area contributed by atoms with Gasteiger partial charge in [0, 0.05) is 41.0 Å². The van der Waals surface area contributed by atoms with E-state index in [9.17, 15) is 34.1 Å². The summed E-state index contributed by atoms with van der Waals surface area (Å²) in [7, 11) is -9.07. The molecule has 2 saturated heterocycles. The molecule has 59 heavy (non-hydrogen) atoms. The monoisotopic (exact) mass is 870 g/mol. The van der Waals surface area contributed by atoms with E-state index in [0.717, 1.165) is 9.13 Å². The van der Waals surface area contributed by atoms with Crippen molar-refractivity contribution in [1.82, 2.24) is 19.1 Å². The van der Waals surface area contributed by atoms with Crippen LogP contribution in [0, 0.1) is 47.3 Å². The van der Waals surface area contributed by atoms with Crippen LogP contribution in [0.1, 0.15) is 93.2 Å². The highest BCUT2D eigenvalue weighted by molar-refractivity contribution is 7.53. The van der Waals surface area contributed by atoms with Gasteiger partial charge in [-0.2, -0.15) is 10.5 Å². The fourth-order valence-corrected chi connectivity index (χ4v) is 11.4. The van der Waals surface area contributed by atoms with Gasteiger partial charge >= 0.3 is 26.8 Å². The van der Waals surface area contributed by atoms with Crippen LogP contribution < -0.4 is 22.5 Å². The molecule has 8 atom stereocenters. The molecule has 2 fully saturated rings. The Bertz CT molecular complexity index is 2400. The molecule has 0 aromatic carbocycles. The lowest BCUT2D eigenvalue weighted by molar-refractivity contribution is -0.187. The molecule has 328 valence electrons. The van der Waals surface area contributed by atoms with E-state index in [4.69, 9.17) is 37.4 Å².